The fourth-order valence-corrected chi connectivity index (χ4v) is 1.77. The van der Waals surface area contributed by atoms with Crippen molar-refractivity contribution >= 4 is 5.69 Å². The van der Waals surface area contributed by atoms with Crippen molar-refractivity contribution in [1.82, 2.24) is 0 Å². The van der Waals surface area contributed by atoms with Crippen molar-refractivity contribution in [3.8, 4) is 16.9 Å². The van der Waals surface area contributed by atoms with Crippen LogP contribution in [0.2, 0.25) is 0 Å². The van der Waals surface area contributed by atoms with Crippen LogP contribution in [0, 0.1) is 12.7 Å². The van der Waals surface area contributed by atoms with Crippen LogP contribution in [-0.2, 0) is 0 Å². The third-order valence-electron chi connectivity index (χ3n) is 2.75. The number of nitrogen functional groups attached to an aromatic ring is 1. The van der Waals surface area contributed by atoms with Gasteiger partial charge in [-0.2, -0.15) is 0 Å². The molecule has 0 bridgehead atoms. The van der Waals surface area contributed by atoms with Gasteiger partial charge in [-0.1, -0.05) is 18.2 Å². The highest BCUT2D eigenvalue weighted by molar-refractivity contribution is 5.73. The van der Waals surface area contributed by atoms with E-state index in [2.05, 4.69) is 0 Å². The molecule has 0 aliphatic carbocycles. The normalized spacial score (nSPS) is 10.3. The first kappa shape index (κ1) is 11.5. The van der Waals surface area contributed by atoms with Gasteiger partial charge in [-0.15, -0.1) is 0 Å². The van der Waals surface area contributed by atoms with Crippen molar-refractivity contribution in [1.29, 1.82) is 0 Å². The summed E-state index contributed by atoms with van der Waals surface area (Å²) in [7, 11) is 1.57. The largest absolute Gasteiger partial charge is 0.496 e. The molecule has 2 N–H and O–H groups in total. The number of ether oxygens (including phenoxy) is 1. The monoisotopic (exact) mass is 231 g/mol. The Morgan fingerprint density at radius 3 is 2.53 bits per heavy atom. The second-order valence-corrected chi connectivity index (χ2v) is 3.89. The molecule has 0 radical (unpaired) electrons. The van der Waals surface area contributed by atoms with Crippen LogP contribution in [0.25, 0.3) is 11.1 Å². The van der Waals surface area contributed by atoms with Crippen molar-refractivity contribution < 1.29 is 9.13 Å². The summed E-state index contributed by atoms with van der Waals surface area (Å²) in [5.41, 5.74) is 8.22. The van der Waals surface area contributed by atoms with Crippen LogP contribution in [0.4, 0.5) is 10.1 Å². The van der Waals surface area contributed by atoms with E-state index in [1.54, 1.807) is 19.2 Å². The molecule has 88 valence electrons. The van der Waals surface area contributed by atoms with Gasteiger partial charge in [0, 0.05) is 16.8 Å². The van der Waals surface area contributed by atoms with Gasteiger partial charge in [0.05, 0.1) is 7.11 Å². The molecule has 3 heteroatoms. The number of anilines is 1. The van der Waals surface area contributed by atoms with Gasteiger partial charge in [-0.3, -0.25) is 0 Å². The zero-order valence-electron chi connectivity index (χ0n) is 9.83. The summed E-state index contributed by atoms with van der Waals surface area (Å²) in [6.45, 7) is 1.85. The third kappa shape index (κ3) is 2.09. The Morgan fingerprint density at radius 1 is 1.12 bits per heavy atom. The maximum atomic E-state index is 13.9. The molecule has 17 heavy (non-hydrogen) atoms. The van der Waals surface area contributed by atoms with Crippen LogP contribution in [0.5, 0.6) is 5.75 Å². The Bertz CT molecular complexity index is 552. The summed E-state index contributed by atoms with van der Waals surface area (Å²) in [6, 6.07) is 10.4. The lowest BCUT2D eigenvalue weighted by Crippen LogP contribution is -1.95. The molecule has 0 heterocycles. The van der Waals surface area contributed by atoms with Gasteiger partial charge in [0.15, 0.2) is 0 Å². The van der Waals surface area contributed by atoms with Crippen LogP contribution < -0.4 is 10.5 Å². The predicted octanol–water partition coefficient (Wildman–Crippen LogP) is 3.39. The molecule has 2 aromatic carbocycles. The number of benzene rings is 2. The number of halogens is 1. The topological polar surface area (TPSA) is 35.2 Å². The van der Waals surface area contributed by atoms with Crippen molar-refractivity contribution in [2.75, 3.05) is 12.8 Å². The van der Waals surface area contributed by atoms with Gasteiger partial charge in [0.2, 0.25) is 0 Å². The minimum absolute atomic E-state index is 0.336. The molecule has 0 aliphatic rings. The first-order valence-electron chi connectivity index (χ1n) is 5.32. The van der Waals surface area contributed by atoms with E-state index in [4.69, 9.17) is 10.5 Å². The van der Waals surface area contributed by atoms with Crippen LogP contribution in [0.15, 0.2) is 36.4 Å². The minimum atomic E-state index is -0.336. The maximum absolute atomic E-state index is 13.9. The first-order valence-corrected chi connectivity index (χ1v) is 5.32. The predicted molar refractivity (Wildman–Crippen MR) is 67.5 cm³/mol. The van der Waals surface area contributed by atoms with Crippen molar-refractivity contribution in [2.24, 2.45) is 0 Å². The summed E-state index contributed by atoms with van der Waals surface area (Å²) in [5, 5.41) is 0. The second-order valence-electron chi connectivity index (χ2n) is 3.89. The third-order valence-corrected chi connectivity index (χ3v) is 2.75. The van der Waals surface area contributed by atoms with Gasteiger partial charge in [-0.25, -0.2) is 4.39 Å². The van der Waals surface area contributed by atoms with Crippen molar-refractivity contribution in [2.45, 2.75) is 6.92 Å². The molecular formula is C14H14FNO. The summed E-state index contributed by atoms with van der Waals surface area (Å²) in [5.74, 6) is 0.313. The van der Waals surface area contributed by atoms with Crippen LogP contribution in [0.1, 0.15) is 5.56 Å². The van der Waals surface area contributed by atoms with Gasteiger partial charge in [-0.05, 0) is 30.7 Å². The summed E-state index contributed by atoms with van der Waals surface area (Å²) < 4.78 is 19.1. The van der Waals surface area contributed by atoms with Crippen LogP contribution >= 0.6 is 0 Å². The van der Waals surface area contributed by atoms with Gasteiger partial charge in [0.1, 0.15) is 11.6 Å². The van der Waals surface area contributed by atoms with E-state index in [1.807, 2.05) is 25.1 Å². The number of hydrogen-bond donors (Lipinski definition) is 1. The van der Waals surface area contributed by atoms with Gasteiger partial charge >= 0.3 is 0 Å². The van der Waals surface area contributed by atoms with Crippen LogP contribution in [0.3, 0.4) is 0 Å². The van der Waals surface area contributed by atoms with E-state index in [0.29, 0.717) is 17.0 Å². The molecule has 0 fully saturated rings. The summed E-state index contributed by atoms with van der Waals surface area (Å²) in [6.07, 6.45) is 0. The van der Waals surface area contributed by atoms with Crippen LogP contribution in [-0.4, -0.2) is 7.11 Å². The van der Waals surface area contributed by atoms with E-state index in [9.17, 15) is 4.39 Å². The maximum Gasteiger partial charge on any atom is 0.133 e. The summed E-state index contributed by atoms with van der Waals surface area (Å²) >= 11 is 0. The number of aryl methyl sites for hydroxylation is 1. The Kier molecular flexibility index (Phi) is 3.00. The first-order chi connectivity index (χ1) is 8.13. The molecule has 0 spiro atoms. The molecule has 2 rings (SSSR count). The fourth-order valence-electron chi connectivity index (χ4n) is 1.77. The zero-order valence-corrected chi connectivity index (χ0v) is 9.83. The highest BCUT2D eigenvalue weighted by Gasteiger charge is 2.11. The van der Waals surface area contributed by atoms with E-state index in [1.165, 1.54) is 6.07 Å². The number of methoxy groups -OCH3 is 1. The molecule has 0 amide bonds. The smallest absolute Gasteiger partial charge is 0.133 e. The zero-order chi connectivity index (χ0) is 12.4. The Balaban J connectivity index is 2.64. The Hall–Kier alpha value is -2.03. The molecule has 0 saturated carbocycles. The standard InChI is InChI=1S/C14H14FNO/c1-9-7-11(12(15)8-13(9)16)10-5-3-4-6-14(10)17-2/h3-8H,16H2,1-2H3. The van der Waals surface area contributed by atoms with Gasteiger partial charge in [0.25, 0.3) is 0 Å². The number of nitrogens with two attached hydrogens (primary N) is 1. The average Bonchev–Trinajstić information content (AvgIpc) is 2.34. The molecule has 0 unspecified atom stereocenters. The number of hydrogen-bond acceptors (Lipinski definition) is 2. The van der Waals surface area contributed by atoms with E-state index in [-0.39, 0.29) is 5.82 Å². The highest BCUT2D eigenvalue weighted by atomic mass is 19.1. The van der Waals surface area contributed by atoms with Gasteiger partial charge < -0.3 is 10.5 Å². The number of para-hydroxylation sites is 1. The van der Waals surface area contributed by atoms with E-state index >= 15 is 0 Å². The molecule has 0 aliphatic heterocycles. The lowest BCUT2D eigenvalue weighted by molar-refractivity contribution is 0.416. The quantitative estimate of drug-likeness (QED) is 0.804. The molecule has 2 nitrogen and oxygen atoms in total. The Morgan fingerprint density at radius 2 is 1.82 bits per heavy atom. The fraction of sp³-hybridized carbons (Fsp3) is 0.143. The minimum Gasteiger partial charge on any atom is -0.496 e. The lowest BCUT2D eigenvalue weighted by atomic mass is 10.0. The molecule has 0 saturated heterocycles. The average molecular weight is 231 g/mol. The molecular weight excluding hydrogens is 217 g/mol. The lowest BCUT2D eigenvalue weighted by Gasteiger charge is -2.11. The van der Waals surface area contributed by atoms with E-state index in [0.717, 1.165) is 11.1 Å². The number of rotatable bonds is 2. The Labute approximate surface area is 99.8 Å². The summed E-state index contributed by atoms with van der Waals surface area (Å²) in [4.78, 5) is 0. The molecule has 0 aromatic heterocycles. The van der Waals surface area contributed by atoms with Crippen molar-refractivity contribution in [3.63, 3.8) is 0 Å². The molecule has 2 aromatic rings. The molecule has 0 atom stereocenters. The van der Waals surface area contributed by atoms with Crippen molar-refractivity contribution in [3.05, 3.63) is 47.8 Å². The van der Waals surface area contributed by atoms with E-state index < -0.39 is 0 Å². The SMILES string of the molecule is COc1ccccc1-c1cc(C)c(N)cc1F. The highest BCUT2D eigenvalue weighted by Crippen LogP contribution is 2.33. The second kappa shape index (κ2) is 4.45.